The molecule has 2 aromatic heterocycles. The number of hydrogen-bond acceptors (Lipinski definition) is 2. The molecular weight excluding hydrogens is 338 g/mol. The van der Waals surface area contributed by atoms with Crippen molar-refractivity contribution in [1.82, 2.24) is 14.5 Å². The van der Waals surface area contributed by atoms with Crippen LogP contribution in [-0.2, 0) is 5.88 Å². The number of halogens is 2. The van der Waals surface area contributed by atoms with E-state index in [4.69, 9.17) is 11.6 Å². The molecule has 3 rings (SSSR count). The molecule has 0 aliphatic carbocycles. The van der Waals surface area contributed by atoms with Crippen molar-refractivity contribution < 1.29 is 0 Å². The number of hydrogen-bond donors (Lipinski definition) is 0. The van der Waals surface area contributed by atoms with Crippen LogP contribution < -0.4 is 0 Å². The van der Waals surface area contributed by atoms with Gasteiger partial charge in [0.05, 0.1) is 11.6 Å². The van der Waals surface area contributed by atoms with Gasteiger partial charge < -0.3 is 0 Å². The van der Waals surface area contributed by atoms with Crippen molar-refractivity contribution in [1.29, 1.82) is 0 Å². The van der Waals surface area contributed by atoms with Crippen molar-refractivity contribution in [3.05, 3.63) is 51.9 Å². The molecule has 0 amide bonds. The zero-order chi connectivity index (χ0) is 14.3. The van der Waals surface area contributed by atoms with Gasteiger partial charge in [0, 0.05) is 10.2 Å². The number of benzene rings is 1. The van der Waals surface area contributed by atoms with Crippen LogP contribution in [-0.4, -0.2) is 14.5 Å². The summed E-state index contributed by atoms with van der Waals surface area (Å²) in [6.45, 7) is 4.04. The lowest BCUT2D eigenvalue weighted by atomic mass is 10.2. The number of nitrogens with zero attached hydrogens (tertiary/aromatic N) is 3. The third kappa shape index (κ3) is 2.34. The minimum atomic E-state index is 0.348. The van der Waals surface area contributed by atoms with E-state index in [1.54, 1.807) is 0 Å². The zero-order valence-electron chi connectivity index (χ0n) is 11.2. The summed E-state index contributed by atoms with van der Waals surface area (Å²) in [4.78, 5) is 9.17. The standard InChI is InChI=1S/C15H13BrClN3/c1-9-5-11(16)7-12(6-9)20-14(8-17)19-13-4-3-10(2)18-15(13)20/h3-7H,8H2,1-2H3. The lowest BCUT2D eigenvalue weighted by Gasteiger charge is -2.09. The highest BCUT2D eigenvalue weighted by atomic mass is 79.9. The first-order valence-corrected chi connectivity index (χ1v) is 7.60. The van der Waals surface area contributed by atoms with E-state index >= 15 is 0 Å². The first kappa shape index (κ1) is 13.6. The van der Waals surface area contributed by atoms with Gasteiger partial charge in [-0.2, -0.15) is 0 Å². The molecule has 102 valence electrons. The monoisotopic (exact) mass is 349 g/mol. The number of alkyl halides is 1. The molecule has 5 heteroatoms. The van der Waals surface area contributed by atoms with Crippen LogP contribution in [0.2, 0.25) is 0 Å². The van der Waals surface area contributed by atoms with Gasteiger partial charge in [0.25, 0.3) is 0 Å². The Hall–Kier alpha value is -1.39. The van der Waals surface area contributed by atoms with Crippen LogP contribution in [0.15, 0.2) is 34.8 Å². The topological polar surface area (TPSA) is 30.7 Å². The van der Waals surface area contributed by atoms with Gasteiger partial charge in [0.1, 0.15) is 11.3 Å². The highest BCUT2D eigenvalue weighted by Gasteiger charge is 2.13. The van der Waals surface area contributed by atoms with E-state index < -0.39 is 0 Å². The number of aryl methyl sites for hydroxylation is 2. The van der Waals surface area contributed by atoms with Gasteiger partial charge in [-0.15, -0.1) is 11.6 Å². The number of fused-ring (bicyclic) bond motifs is 1. The molecule has 0 saturated heterocycles. The fourth-order valence-electron chi connectivity index (χ4n) is 2.31. The van der Waals surface area contributed by atoms with E-state index in [0.717, 1.165) is 32.8 Å². The van der Waals surface area contributed by atoms with E-state index in [-0.39, 0.29) is 0 Å². The molecule has 0 spiro atoms. The van der Waals surface area contributed by atoms with Gasteiger partial charge >= 0.3 is 0 Å². The number of pyridine rings is 1. The molecule has 20 heavy (non-hydrogen) atoms. The molecule has 0 radical (unpaired) electrons. The minimum Gasteiger partial charge on any atom is -0.280 e. The van der Waals surface area contributed by atoms with E-state index in [9.17, 15) is 0 Å². The van der Waals surface area contributed by atoms with Gasteiger partial charge in [-0.1, -0.05) is 15.9 Å². The Morgan fingerprint density at radius 3 is 2.65 bits per heavy atom. The van der Waals surface area contributed by atoms with Crippen molar-refractivity contribution in [3.8, 4) is 5.69 Å². The van der Waals surface area contributed by atoms with Crippen molar-refractivity contribution in [2.75, 3.05) is 0 Å². The maximum atomic E-state index is 6.05. The van der Waals surface area contributed by atoms with E-state index in [0.29, 0.717) is 5.88 Å². The zero-order valence-corrected chi connectivity index (χ0v) is 13.5. The second-order valence-corrected chi connectivity index (χ2v) is 5.96. The van der Waals surface area contributed by atoms with Crippen molar-refractivity contribution in [3.63, 3.8) is 0 Å². The van der Waals surface area contributed by atoms with Gasteiger partial charge in [0.15, 0.2) is 5.65 Å². The largest absolute Gasteiger partial charge is 0.280 e. The van der Waals surface area contributed by atoms with Crippen molar-refractivity contribution in [2.45, 2.75) is 19.7 Å². The first-order chi connectivity index (χ1) is 9.58. The van der Waals surface area contributed by atoms with Crippen LogP contribution in [0.3, 0.4) is 0 Å². The van der Waals surface area contributed by atoms with Crippen LogP contribution in [0, 0.1) is 13.8 Å². The molecular formula is C15H13BrClN3. The third-order valence-corrected chi connectivity index (χ3v) is 3.81. The fourth-order valence-corrected chi connectivity index (χ4v) is 3.08. The number of aromatic nitrogens is 3. The summed E-state index contributed by atoms with van der Waals surface area (Å²) >= 11 is 9.59. The predicted molar refractivity (Wildman–Crippen MR) is 85.6 cm³/mol. The second-order valence-electron chi connectivity index (χ2n) is 4.78. The smallest absolute Gasteiger partial charge is 0.164 e. The van der Waals surface area contributed by atoms with E-state index in [1.165, 1.54) is 5.56 Å². The van der Waals surface area contributed by atoms with Crippen LogP contribution in [0.25, 0.3) is 16.9 Å². The summed E-state index contributed by atoms with van der Waals surface area (Å²) in [6, 6.07) is 10.2. The van der Waals surface area contributed by atoms with Gasteiger partial charge in [0.2, 0.25) is 0 Å². The van der Waals surface area contributed by atoms with Crippen LogP contribution in [0.5, 0.6) is 0 Å². The SMILES string of the molecule is Cc1cc(Br)cc(-n2c(CCl)nc3ccc(C)nc32)c1. The highest BCUT2D eigenvalue weighted by molar-refractivity contribution is 9.10. The summed E-state index contributed by atoms with van der Waals surface area (Å²) in [6.07, 6.45) is 0. The second kappa shape index (κ2) is 5.19. The average Bonchev–Trinajstić information content (AvgIpc) is 2.75. The van der Waals surface area contributed by atoms with Crippen LogP contribution in [0.1, 0.15) is 17.1 Å². The minimum absolute atomic E-state index is 0.348. The summed E-state index contributed by atoms with van der Waals surface area (Å²) in [5, 5.41) is 0. The maximum absolute atomic E-state index is 6.05. The molecule has 3 nitrogen and oxygen atoms in total. The van der Waals surface area contributed by atoms with Gasteiger partial charge in [-0.3, -0.25) is 4.57 Å². The summed E-state index contributed by atoms with van der Waals surface area (Å²) in [5.41, 5.74) is 4.87. The average molecular weight is 351 g/mol. The van der Waals surface area contributed by atoms with Crippen LogP contribution in [0.4, 0.5) is 0 Å². The summed E-state index contributed by atoms with van der Waals surface area (Å²) in [5.74, 6) is 1.15. The Morgan fingerprint density at radius 2 is 1.95 bits per heavy atom. The summed E-state index contributed by atoms with van der Waals surface area (Å²) < 4.78 is 3.05. The lowest BCUT2D eigenvalue weighted by Crippen LogP contribution is -2.01. The fraction of sp³-hybridized carbons (Fsp3) is 0.200. The number of rotatable bonds is 2. The molecule has 0 saturated carbocycles. The summed E-state index contributed by atoms with van der Waals surface area (Å²) in [7, 11) is 0. The highest BCUT2D eigenvalue weighted by Crippen LogP contribution is 2.25. The Balaban J connectivity index is 2.35. The molecule has 2 heterocycles. The molecule has 3 aromatic rings. The molecule has 0 atom stereocenters. The maximum Gasteiger partial charge on any atom is 0.164 e. The molecule has 0 unspecified atom stereocenters. The van der Waals surface area contributed by atoms with Crippen molar-refractivity contribution in [2.24, 2.45) is 0 Å². The number of imidazole rings is 1. The Labute approximate surface area is 130 Å². The van der Waals surface area contributed by atoms with E-state index in [2.05, 4.69) is 45.0 Å². The molecule has 0 aliphatic heterocycles. The molecule has 1 aromatic carbocycles. The van der Waals surface area contributed by atoms with Crippen molar-refractivity contribution >= 4 is 38.7 Å². The van der Waals surface area contributed by atoms with Gasteiger partial charge in [-0.25, -0.2) is 9.97 Å². The normalized spacial score (nSPS) is 11.2. The lowest BCUT2D eigenvalue weighted by molar-refractivity contribution is 0.964. The van der Waals surface area contributed by atoms with Crippen LogP contribution >= 0.6 is 27.5 Å². The molecule has 0 fully saturated rings. The Bertz CT molecular complexity index is 775. The Kier molecular flexibility index (Phi) is 3.52. The van der Waals surface area contributed by atoms with Gasteiger partial charge in [-0.05, 0) is 49.7 Å². The first-order valence-electron chi connectivity index (χ1n) is 6.27. The van der Waals surface area contributed by atoms with E-state index in [1.807, 2.05) is 29.7 Å². The third-order valence-electron chi connectivity index (χ3n) is 3.12. The predicted octanol–water partition coefficient (Wildman–Crippen LogP) is 4.54. The molecule has 0 aliphatic rings. The molecule has 0 N–H and O–H groups in total. The quantitative estimate of drug-likeness (QED) is 0.635. The Morgan fingerprint density at radius 1 is 1.15 bits per heavy atom. The molecule has 0 bridgehead atoms.